The van der Waals surface area contributed by atoms with E-state index in [-0.39, 0.29) is 17.4 Å². The first-order valence-corrected chi connectivity index (χ1v) is 9.45. The number of likely N-dealkylation sites (tertiary alicyclic amines) is 1. The first kappa shape index (κ1) is 19.0. The van der Waals surface area contributed by atoms with Gasteiger partial charge in [-0.05, 0) is 45.6 Å². The van der Waals surface area contributed by atoms with Gasteiger partial charge in [0.25, 0.3) is 0 Å². The van der Waals surface area contributed by atoms with Crippen LogP contribution in [-0.2, 0) is 14.2 Å². The lowest BCUT2D eigenvalue weighted by Crippen LogP contribution is -2.50. The first-order chi connectivity index (χ1) is 12.2. The average Bonchev–Trinajstić information content (AvgIpc) is 3.12. The zero-order valence-corrected chi connectivity index (χ0v) is 16.7. The van der Waals surface area contributed by atoms with E-state index in [0.29, 0.717) is 32.9 Å². The molecule has 1 spiro atoms. The van der Waals surface area contributed by atoms with Crippen molar-refractivity contribution in [2.45, 2.75) is 46.6 Å². The fraction of sp³-hybridized carbons (Fsp3) is 0.667. The Morgan fingerprint density at radius 3 is 2.65 bits per heavy atom. The fourth-order valence-corrected chi connectivity index (χ4v) is 4.23. The molecule has 5 heteroatoms. The molecule has 0 aromatic carbocycles. The summed E-state index contributed by atoms with van der Waals surface area (Å²) >= 11 is 0. The first-order valence-electron chi connectivity index (χ1n) is 9.45. The summed E-state index contributed by atoms with van der Waals surface area (Å²) in [7, 11) is 0. The van der Waals surface area contributed by atoms with Crippen LogP contribution in [0.1, 0.15) is 41.0 Å². The molecule has 3 saturated heterocycles. The van der Waals surface area contributed by atoms with E-state index in [0.717, 1.165) is 23.3 Å². The summed E-state index contributed by atoms with van der Waals surface area (Å²) in [6, 6.07) is 0. The van der Waals surface area contributed by atoms with Crippen LogP contribution in [0.25, 0.3) is 0 Å². The normalized spacial score (nSPS) is 33.9. The smallest absolute Gasteiger partial charge is 0.410 e. The number of hydrogen-bond acceptors (Lipinski definition) is 4. The summed E-state index contributed by atoms with van der Waals surface area (Å²) in [4.78, 5) is 14.3. The second kappa shape index (κ2) is 6.76. The van der Waals surface area contributed by atoms with Gasteiger partial charge in [0.2, 0.25) is 0 Å². The Morgan fingerprint density at radius 1 is 1.38 bits per heavy atom. The molecule has 0 aromatic rings. The SMILES string of the molecule is C=C1COC/C1=C1\OCC2(CCN(C(=O)OC(C)(C)C)CC2C)\C1=C\C. The van der Waals surface area contributed by atoms with Crippen molar-refractivity contribution in [2.75, 3.05) is 32.9 Å². The predicted octanol–water partition coefficient (Wildman–Crippen LogP) is 4.07. The highest BCUT2D eigenvalue weighted by molar-refractivity contribution is 5.68. The molecular weight excluding hydrogens is 330 g/mol. The van der Waals surface area contributed by atoms with Crippen molar-refractivity contribution in [1.82, 2.24) is 4.90 Å². The molecule has 3 aliphatic rings. The zero-order valence-electron chi connectivity index (χ0n) is 16.7. The maximum absolute atomic E-state index is 12.5. The van der Waals surface area contributed by atoms with Crippen molar-refractivity contribution in [2.24, 2.45) is 11.3 Å². The Labute approximate surface area is 156 Å². The molecular formula is C21H31NO4. The largest absolute Gasteiger partial charge is 0.492 e. The van der Waals surface area contributed by atoms with E-state index < -0.39 is 5.60 Å². The summed E-state index contributed by atoms with van der Waals surface area (Å²) in [6.07, 6.45) is 2.81. The van der Waals surface area contributed by atoms with Gasteiger partial charge in [0.15, 0.2) is 0 Å². The van der Waals surface area contributed by atoms with Crippen LogP contribution in [0.15, 0.2) is 35.1 Å². The van der Waals surface area contributed by atoms with Crippen LogP contribution < -0.4 is 0 Å². The minimum Gasteiger partial charge on any atom is -0.492 e. The predicted molar refractivity (Wildman–Crippen MR) is 101 cm³/mol. The van der Waals surface area contributed by atoms with Gasteiger partial charge in [-0.25, -0.2) is 4.79 Å². The van der Waals surface area contributed by atoms with Gasteiger partial charge in [-0.3, -0.25) is 0 Å². The van der Waals surface area contributed by atoms with Gasteiger partial charge in [0.1, 0.15) is 11.4 Å². The highest BCUT2D eigenvalue weighted by atomic mass is 16.6. The number of amides is 1. The third-order valence-electron chi connectivity index (χ3n) is 5.68. The van der Waals surface area contributed by atoms with Crippen molar-refractivity contribution in [3.8, 4) is 0 Å². The molecule has 3 fully saturated rings. The van der Waals surface area contributed by atoms with Gasteiger partial charge >= 0.3 is 6.09 Å². The van der Waals surface area contributed by atoms with Crippen LogP contribution in [0.4, 0.5) is 4.79 Å². The topological polar surface area (TPSA) is 48.0 Å². The Bertz CT molecular complexity index is 670. The molecule has 3 aliphatic heterocycles. The summed E-state index contributed by atoms with van der Waals surface area (Å²) in [5.41, 5.74) is 2.82. The summed E-state index contributed by atoms with van der Waals surface area (Å²) in [5.74, 6) is 1.23. The maximum Gasteiger partial charge on any atom is 0.410 e. The van der Waals surface area contributed by atoms with E-state index in [1.54, 1.807) is 0 Å². The molecule has 0 bridgehead atoms. The maximum atomic E-state index is 12.5. The van der Waals surface area contributed by atoms with Gasteiger partial charge in [-0.15, -0.1) is 0 Å². The van der Waals surface area contributed by atoms with Gasteiger partial charge in [0.05, 0.1) is 19.8 Å². The van der Waals surface area contributed by atoms with Crippen molar-refractivity contribution >= 4 is 6.09 Å². The number of carbonyl (C=O) groups excluding carboxylic acids is 1. The number of rotatable bonds is 0. The average molecular weight is 361 g/mol. The molecule has 0 aromatic heterocycles. The number of allylic oxidation sites excluding steroid dienone is 2. The Balaban J connectivity index is 1.80. The lowest BCUT2D eigenvalue weighted by molar-refractivity contribution is -0.00243. The molecule has 1 amide bonds. The lowest BCUT2D eigenvalue weighted by atomic mass is 9.67. The van der Waals surface area contributed by atoms with Gasteiger partial charge in [0, 0.05) is 29.7 Å². The molecule has 0 radical (unpaired) electrons. The van der Waals surface area contributed by atoms with Crippen LogP contribution >= 0.6 is 0 Å². The van der Waals surface area contributed by atoms with E-state index in [1.165, 1.54) is 5.57 Å². The molecule has 0 aliphatic carbocycles. The van der Waals surface area contributed by atoms with Crippen LogP contribution in [0.2, 0.25) is 0 Å². The molecule has 144 valence electrons. The lowest BCUT2D eigenvalue weighted by Gasteiger charge is -2.44. The number of ether oxygens (including phenoxy) is 3. The van der Waals surface area contributed by atoms with Crippen LogP contribution in [-0.4, -0.2) is 49.5 Å². The molecule has 0 N–H and O–H groups in total. The standard InChI is InChI=1S/C21H31NO4/c1-7-17-18(16-12-24-11-14(16)2)25-13-21(17)8-9-22(10-15(21)3)19(23)26-20(4,5)6/h7,15H,2,8-13H2,1,3-6H3/b17-7+,18-16+. The molecule has 5 nitrogen and oxygen atoms in total. The second-order valence-electron chi connectivity index (χ2n) is 8.63. The zero-order chi connectivity index (χ0) is 19.1. The third kappa shape index (κ3) is 3.29. The van der Waals surface area contributed by atoms with Crippen LogP contribution in [0.5, 0.6) is 0 Å². The van der Waals surface area contributed by atoms with Crippen molar-refractivity contribution in [1.29, 1.82) is 0 Å². The fourth-order valence-electron chi connectivity index (χ4n) is 4.23. The summed E-state index contributed by atoms with van der Waals surface area (Å²) < 4.78 is 17.3. The highest BCUT2D eigenvalue weighted by Gasteiger charge is 2.51. The van der Waals surface area contributed by atoms with Gasteiger partial charge < -0.3 is 19.1 Å². The molecule has 0 saturated carbocycles. The van der Waals surface area contributed by atoms with E-state index in [9.17, 15) is 4.79 Å². The van der Waals surface area contributed by atoms with Crippen LogP contribution in [0.3, 0.4) is 0 Å². The molecule has 2 atom stereocenters. The monoisotopic (exact) mass is 361 g/mol. The van der Waals surface area contributed by atoms with Crippen LogP contribution in [0, 0.1) is 11.3 Å². The third-order valence-corrected chi connectivity index (χ3v) is 5.68. The van der Waals surface area contributed by atoms with E-state index in [2.05, 4.69) is 26.5 Å². The molecule has 3 rings (SSSR count). The quantitative estimate of drug-likeness (QED) is 0.653. The van der Waals surface area contributed by atoms with E-state index >= 15 is 0 Å². The second-order valence-corrected chi connectivity index (χ2v) is 8.63. The van der Waals surface area contributed by atoms with Crippen molar-refractivity contribution < 1.29 is 19.0 Å². The molecule has 3 heterocycles. The van der Waals surface area contributed by atoms with Crippen molar-refractivity contribution in [3.05, 3.63) is 35.1 Å². The van der Waals surface area contributed by atoms with Gasteiger partial charge in [-0.1, -0.05) is 19.6 Å². The number of carbonyl (C=O) groups is 1. The van der Waals surface area contributed by atoms with E-state index in [1.807, 2.05) is 25.7 Å². The Kier molecular flexibility index (Phi) is 4.95. The Hall–Kier alpha value is -1.75. The summed E-state index contributed by atoms with van der Waals surface area (Å²) in [6.45, 7) is 17.2. The Morgan fingerprint density at radius 2 is 2.12 bits per heavy atom. The number of nitrogens with zero attached hydrogens (tertiary/aromatic N) is 1. The minimum absolute atomic E-state index is 0.0571. The summed E-state index contributed by atoms with van der Waals surface area (Å²) in [5, 5.41) is 0. The molecule has 2 unspecified atom stereocenters. The number of piperidine rings is 1. The van der Waals surface area contributed by atoms with E-state index in [4.69, 9.17) is 14.2 Å². The number of hydrogen-bond donors (Lipinski definition) is 0. The van der Waals surface area contributed by atoms with Gasteiger partial charge in [-0.2, -0.15) is 0 Å². The van der Waals surface area contributed by atoms with Crippen molar-refractivity contribution in [3.63, 3.8) is 0 Å². The minimum atomic E-state index is -0.471. The highest BCUT2D eigenvalue weighted by Crippen LogP contribution is 2.52. The molecule has 26 heavy (non-hydrogen) atoms.